The monoisotopic (exact) mass is 387 g/mol. The summed E-state index contributed by atoms with van der Waals surface area (Å²) in [6.07, 6.45) is 3.03. The van der Waals surface area contributed by atoms with Gasteiger partial charge in [-0.05, 0) is 70.7 Å². The predicted octanol–water partition coefficient (Wildman–Crippen LogP) is 3.16. The van der Waals surface area contributed by atoms with Gasteiger partial charge in [0, 0.05) is 36.3 Å². The van der Waals surface area contributed by atoms with E-state index >= 15 is 0 Å². The molecule has 0 unspecified atom stereocenters. The van der Waals surface area contributed by atoms with Crippen LogP contribution in [0.2, 0.25) is 0 Å². The van der Waals surface area contributed by atoms with Gasteiger partial charge in [0.05, 0.1) is 0 Å². The number of nitrogens with zero attached hydrogens (tertiary/aromatic N) is 1. The summed E-state index contributed by atoms with van der Waals surface area (Å²) in [7, 11) is 0. The number of ether oxygens (including phenoxy) is 1. The second-order valence-electron chi connectivity index (χ2n) is 8.55. The summed E-state index contributed by atoms with van der Waals surface area (Å²) in [5.74, 6) is 0.0853. The highest BCUT2D eigenvalue weighted by Crippen LogP contribution is 2.23. The van der Waals surface area contributed by atoms with Crippen LogP contribution >= 0.6 is 0 Å². The number of carbonyl (C=O) groups is 3. The lowest BCUT2D eigenvalue weighted by atomic mass is 9.95. The number of rotatable bonds is 4. The quantitative estimate of drug-likeness (QED) is 0.831. The van der Waals surface area contributed by atoms with Crippen molar-refractivity contribution in [2.45, 2.75) is 58.1 Å². The van der Waals surface area contributed by atoms with Crippen molar-refractivity contribution in [3.05, 3.63) is 29.8 Å². The molecule has 28 heavy (non-hydrogen) atoms. The number of nitrogens with one attached hydrogen (secondary N) is 2. The summed E-state index contributed by atoms with van der Waals surface area (Å²) < 4.78 is 5.21. The van der Waals surface area contributed by atoms with Crippen molar-refractivity contribution in [2.24, 2.45) is 5.92 Å². The van der Waals surface area contributed by atoms with Gasteiger partial charge in [-0.15, -0.1) is 0 Å². The van der Waals surface area contributed by atoms with Gasteiger partial charge in [-0.2, -0.15) is 0 Å². The highest BCUT2D eigenvalue weighted by molar-refractivity contribution is 5.95. The van der Waals surface area contributed by atoms with Crippen LogP contribution in [0.3, 0.4) is 0 Å². The third-order valence-electron chi connectivity index (χ3n) is 4.85. The second kappa shape index (κ2) is 8.20. The third-order valence-corrected chi connectivity index (χ3v) is 4.85. The maximum atomic E-state index is 12.7. The predicted molar refractivity (Wildman–Crippen MR) is 106 cm³/mol. The Morgan fingerprint density at radius 3 is 2.14 bits per heavy atom. The molecule has 0 atom stereocenters. The Balaban J connectivity index is 1.49. The molecule has 1 aliphatic carbocycles. The van der Waals surface area contributed by atoms with Crippen molar-refractivity contribution in [1.29, 1.82) is 0 Å². The molecule has 1 aromatic rings. The highest BCUT2D eigenvalue weighted by Gasteiger charge is 2.31. The Morgan fingerprint density at radius 2 is 1.61 bits per heavy atom. The summed E-state index contributed by atoms with van der Waals surface area (Å²) in [6, 6.07) is 7.14. The van der Waals surface area contributed by atoms with Gasteiger partial charge in [-0.25, -0.2) is 4.79 Å². The lowest BCUT2D eigenvalue weighted by Crippen LogP contribution is -2.43. The van der Waals surface area contributed by atoms with Crippen molar-refractivity contribution in [3.8, 4) is 0 Å². The van der Waals surface area contributed by atoms with E-state index in [0.717, 1.165) is 12.8 Å². The zero-order chi connectivity index (χ0) is 20.3. The fourth-order valence-corrected chi connectivity index (χ4v) is 3.19. The smallest absolute Gasteiger partial charge is 0.412 e. The lowest BCUT2D eigenvalue weighted by Gasteiger charge is -2.31. The topological polar surface area (TPSA) is 87.7 Å². The fraction of sp³-hybridized carbons (Fsp3) is 0.571. The van der Waals surface area contributed by atoms with Crippen LogP contribution < -0.4 is 10.6 Å². The highest BCUT2D eigenvalue weighted by atomic mass is 16.6. The summed E-state index contributed by atoms with van der Waals surface area (Å²) in [5.41, 5.74) is 0.568. The Kier molecular flexibility index (Phi) is 5.91. The van der Waals surface area contributed by atoms with Gasteiger partial charge < -0.3 is 15.0 Å². The number of piperidine rings is 1. The molecule has 0 aromatic heterocycles. The SMILES string of the molecule is CC(C)(C)OC(=O)Nc1ccc(C(=O)N2CCC(C(=O)NC3CC3)CC2)cc1. The number of amides is 3. The van der Waals surface area contributed by atoms with E-state index in [1.165, 1.54) is 0 Å². The number of benzene rings is 1. The third kappa shape index (κ3) is 5.71. The van der Waals surface area contributed by atoms with E-state index in [1.807, 2.05) is 0 Å². The molecule has 1 saturated carbocycles. The molecule has 2 N–H and O–H groups in total. The van der Waals surface area contributed by atoms with Crippen LogP contribution in [0.25, 0.3) is 0 Å². The molecule has 7 nitrogen and oxygen atoms in total. The normalized spacial score (nSPS) is 17.8. The van der Waals surface area contributed by atoms with Gasteiger partial charge in [0.1, 0.15) is 5.60 Å². The molecule has 1 saturated heterocycles. The molecule has 3 rings (SSSR count). The fourth-order valence-electron chi connectivity index (χ4n) is 3.19. The number of likely N-dealkylation sites (tertiary alicyclic amines) is 1. The molecule has 2 fully saturated rings. The Hall–Kier alpha value is -2.57. The summed E-state index contributed by atoms with van der Waals surface area (Å²) in [6.45, 7) is 6.56. The van der Waals surface area contributed by atoms with Gasteiger partial charge in [0.15, 0.2) is 0 Å². The van der Waals surface area contributed by atoms with Crippen molar-refractivity contribution >= 4 is 23.6 Å². The van der Waals surface area contributed by atoms with Crippen LogP contribution in [0.5, 0.6) is 0 Å². The summed E-state index contributed by atoms with van der Waals surface area (Å²) in [5, 5.41) is 5.70. The van der Waals surface area contributed by atoms with Gasteiger partial charge in [-0.1, -0.05) is 0 Å². The maximum absolute atomic E-state index is 12.7. The van der Waals surface area contributed by atoms with Gasteiger partial charge >= 0.3 is 6.09 Å². The van der Waals surface area contributed by atoms with Crippen LogP contribution in [0.4, 0.5) is 10.5 Å². The first-order chi connectivity index (χ1) is 13.2. The van der Waals surface area contributed by atoms with Crippen LogP contribution in [0.15, 0.2) is 24.3 Å². The van der Waals surface area contributed by atoms with E-state index in [9.17, 15) is 14.4 Å². The number of carbonyl (C=O) groups excluding carboxylic acids is 3. The molecule has 1 aromatic carbocycles. The first-order valence-corrected chi connectivity index (χ1v) is 9.91. The van der Waals surface area contributed by atoms with Crippen LogP contribution in [0.1, 0.15) is 56.8 Å². The number of hydrogen-bond acceptors (Lipinski definition) is 4. The van der Waals surface area contributed by atoms with Crippen molar-refractivity contribution in [2.75, 3.05) is 18.4 Å². The zero-order valence-corrected chi connectivity index (χ0v) is 16.8. The molecule has 152 valence electrons. The Morgan fingerprint density at radius 1 is 1.00 bits per heavy atom. The molecular formula is C21H29N3O4. The second-order valence-corrected chi connectivity index (χ2v) is 8.55. The average molecular weight is 387 g/mol. The Labute approximate surface area is 165 Å². The van der Waals surface area contributed by atoms with E-state index in [0.29, 0.717) is 43.2 Å². The summed E-state index contributed by atoms with van der Waals surface area (Å²) >= 11 is 0. The molecule has 0 spiro atoms. The molecule has 0 bridgehead atoms. The average Bonchev–Trinajstić information content (AvgIpc) is 3.44. The van der Waals surface area contributed by atoms with E-state index in [-0.39, 0.29) is 17.7 Å². The van der Waals surface area contributed by atoms with Gasteiger partial charge in [0.2, 0.25) is 5.91 Å². The number of hydrogen-bond donors (Lipinski definition) is 2. The van der Waals surface area contributed by atoms with Crippen molar-refractivity contribution in [3.63, 3.8) is 0 Å². The van der Waals surface area contributed by atoms with E-state index < -0.39 is 11.7 Å². The minimum Gasteiger partial charge on any atom is -0.444 e. The molecular weight excluding hydrogens is 358 g/mol. The lowest BCUT2D eigenvalue weighted by molar-refractivity contribution is -0.126. The summed E-state index contributed by atoms with van der Waals surface area (Å²) in [4.78, 5) is 38.4. The molecule has 1 aliphatic heterocycles. The first kappa shape index (κ1) is 20.2. The van der Waals surface area contributed by atoms with Crippen LogP contribution in [-0.2, 0) is 9.53 Å². The molecule has 1 heterocycles. The molecule has 3 amide bonds. The van der Waals surface area contributed by atoms with E-state index in [2.05, 4.69) is 10.6 Å². The Bertz CT molecular complexity index is 727. The van der Waals surface area contributed by atoms with Crippen molar-refractivity contribution < 1.29 is 19.1 Å². The first-order valence-electron chi connectivity index (χ1n) is 9.91. The largest absolute Gasteiger partial charge is 0.444 e. The van der Waals surface area contributed by atoms with Gasteiger partial charge in [0.25, 0.3) is 5.91 Å². The van der Waals surface area contributed by atoms with E-state index in [4.69, 9.17) is 4.74 Å². The minimum absolute atomic E-state index is 0.00468. The van der Waals surface area contributed by atoms with E-state index in [1.54, 1.807) is 49.9 Å². The van der Waals surface area contributed by atoms with Crippen molar-refractivity contribution in [1.82, 2.24) is 10.2 Å². The number of anilines is 1. The molecule has 2 aliphatic rings. The van der Waals surface area contributed by atoms with Crippen LogP contribution in [-0.4, -0.2) is 47.5 Å². The standard InChI is InChI=1S/C21H29N3O4/c1-21(2,3)28-20(27)23-17-6-4-15(5-7-17)19(26)24-12-10-14(11-13-24)18(25)22-16-8-9-16/h4-7,14,16H,8-13H2,1-3H3,(H,22,25)(H,23,27). The molecule has 7 heteroatoms. The van der Waals surface area contributed by atoms with Crippen LogP contribution in [0, 0.1) is 5.92 Å². The maximum Gasteiger partial charge on any atom is 0.412 e. The minimum atomic E-state index is -0.568. The van der Waals surface area contributed by atoms with Gasteiger partial charge in [-0.3, -0.25) is 14.9 Å². The molecule has 0 radical (unpaired) electrons. The zero-order valence-electron chi connectivity index (χ0n) is 16.8.